The van der Waals surface area contributed by atoms with Gasteiger partial charge in [-0.2, -0.15) is 0 Å². The maximum Gasteiger partial charge on any atom is 0.0328 e. The average molecular weight is 124 g/mol. The molecule has 50 valence electrons. The molecular weight excluding hydrogens is 112 g/mol. The summed E-state index contributed by atoms with van der Waals surface area (Å²) in [6, 6.07) is 0. The quantitative estimate of drug-likeness (QED) is 0.537. The molecule has 0 aliphatic rings. The van der Waals surface area contributed by atoms with Crippen molar-refractivity contribution in [3.8, 4) is 0 Å². The molecule has 0 aliphatic carbocycles. The van der Waals surface area contributed by atoms with Gasteiger partial charge < -0.3 is 11.5 Å². The van der Waals surface area contributed by atoms with Crippen LogP contribution in [0.3, 0.4) is 0 Å². The van der Waals surface area contributed by atoms with E-state index in [4.69, 9.17) is 11.5 Å². The Morgan fingerprint density at radius 1 is 1.44 bits per heavy atom. The van der Waals surface area contributed by atoms with Gasteiger partial charge in [-0.3, -0.25) is 0 Å². The van der Waals surface area contributed by atoms with Gasteiger partial charge in [-0.1, -0.05) is 12.2 Å². The Bertz CT molecular complexity index is 143. The van der Waals surface area contributed by atoms with Gasteiger partial charge in [0.25, 0.3) is 0 Å². The lowest BCUT2D eigenvalue weighted by Crippen LogP contribution is -1.92. The molecular formula is C7H12N2. The van der Waals surface area contributed by atoms with E-state index in [2.05, 4.69) is 0 Å². The van der Waals surface area contributed by atoms with Crippen molar-refractivity contribution in [2.45, 2.75) is 6.92 Å². The Hall–Kier alpha value is -1.18. The summed E-state index contributed by atoms with van der Waals surface area (Å²) in [5, 5.41) is 0. The fraction of sp³-hybridized carbons (Fsp3) is 0.143. The molecule has 0 unspecified atom stereocenters. The zero-order chi connectivity index (χ0) is 7.11. The highest BCUT2D eigenvalue weighted by molar-refractivity contribution is 5.19. The van der Waals surface area contributed by atoms with Gasteiger partial charge in [0.05, 0.1) is 0 Å². The molecule has 0 heterocycles. The molecule has 4 N–H and O–H groups in total. The summed E-state index contributed by atoms with van der Waals surface area (Å²) in [6.45, 7) is 1.93. The van der Waals surface area contributed by atoms with Crippen LogP contribution in [0.1, 0.15) is 6.92 Å². The van der Waals surface area contributed by atoms with Crippen molar-refractivity contribution in [1.29, 1.82) is 0 Å². The van der Waals surface area contributed by atoms with Crippen LogP contribution in [0.25, 0.3) is 0 Å². The molecule has 0 rings (SSSR count). The Labute approximate surface area is 55.5 Å². The molecule has 0 aromatic carbocycles. The number of hydrogen-bond donors (Lipinski definition) is 2. The Morgan fingerprint density at radius 3 is 2.56 bits per heavy atom. The van der Waals surface area contributed by atoms with Crippen molar-refractivity contribution >= 4 is 0 Å². The lowest BCUT2D eigenvalue weighted by molar-refractivity contribution is 1.40. The van der Waals surface area contributed by atoms with E-state index in [1.165, 1.54) is 6.20 Å². The Balaban J connectivity index is 3.84. The van der Waals surface area contributed by atoms with E-state index >= 15 is 0 Å². The second kappa shape index (κ2) is 4.97. The molecule has 0 radical (unpaired) electrons. The monoisotopic (exact) mass is 124 g/mol. The molecule has 0 bridgehead atoms. The summed E-state index contributed by atoms with van der Waals surface area (Å²) in [5.41, 5.74) is 11.2. The van der Waals surface area contributed by atoms with Crippen molar-refractivity contribution in [2.75, 3.05) is 0 Å². The minimum Gasteiger partial charge on any atom is -0.405 e. The van der Waals surface area contributed by atoms with Crippen LogP contribution in [-0.2, 0) is 0 Å². The molecule has 2 heteroatoms. The van der Waals surface area contributed by atoms with E-state index in [1.807, 2.05) is 19.1 Å². The van der Waals surface area contributed by atoms with Crippen LogP contribution in [0.2, 0.25) is 0 Å². The van der Waals surface area contributed by atoms with E-state index < -0.39 is 0 Å². The number of nitrogens with two attached hydrogens (primary N) is 2. The first-order valence-electron chi connectivity index (χ1n) is 2.78. The van der Waals surface area contributed by atoms with Crippen molar-refractivity contribution < 1.29 is 0 Å². The predicted octanol–water partition coefficient (Wildman–Crippen LogP) is 0.878. The fourth-order valence-corrected chi connectivity index (χ4v) is 0.374. The van der Waals surface area contributed by atoms with Gasteiger partial charge in [0.2, 0.25) is 0 Å². The second-order valence-electron chi connectivity index (χ2n) is 1.55. The van der Waals surface area contributed by atoms with E-state index in [1.54, 1.807) is 12.2 Å². The minimum absolute atomic E-state index is 0.663. The lowest BCUT2D eigenvalue weighted by Gasteiger charge is -1.84. The van der Waals surface area contributed by atoms with Crippen molar-refractivity contribution in [3.05, 3.63) is 36.2 Å². The first-order valence-corrected chi connectivity index (χ1v) is 2.78. The zero-order valence-corrected chi connectivity index (χ0v) is 5.54. The third-order valence-electron chi connectivity index (χ3n) is 0.770. The maximum absolute atomic E-state index is 5.41. The summed E-state index contributed by atoms with van der Waals surface area (Å²) in [4.78, 5) is 0. The molecule has 0 amide bonds. The predicted molar refractivity (Wildman–Crippen MR) is 40.4 cm³/mol. The van der Waals surface area contributed by atoms with Gasteiger partial charge >= 0.3 is 0 Å². The van der Waals surface area contributed by atoms with E-state index in [0.717, 1.165) is 0 Å². The highest BCUT2D eigenvalue weighted by Crippen LogP contribution is 1.84. The molecule has 0 aliphatic heterocycles. The zero-order valence-electron chi connectivity index (χ0n) is 5.54. The largest absolute Gasteiger partial charge is 0.405 e. The molecule has 0 spiro atoms. The average Bonchev–Trinajstić information content (AvgIpc) is 1.85. The van der Waals surface area contributed by atoms with Gasteiger partial charge in [-0.15, -0.1) is 0 Å². The SMILES string of the molecule is C\C=C/C=C(N)\C=C/N. The normalized spacial score (nSPS) is 13.7. The molecule has 0 aromatic heterocycles. The summed E-state index contributed by atoms with van der Waals surface area (Å²) in [5.74, 6) is 0. The molecule has 9 heavy (non-hydrogen) atoms. The highest BCUT2D eigenvalue weighted by atomic mass is 14.6. The highest BCUT2D eigenvalue weighted by Gasteiger charge is 1.73. The fourth-order valence-electron chi connectivity index (χ4n) is 0.374. The smallest absolute Gasteiger partial charge is 0.0328 e. The van der Waals surface area contributed by atoms with Crippen molar-refractivity contribution in [2.24, 2.45) is 11.5 Å². The summed E-state index contributed by atoms with van der Waals surface area (Å²) in [6.07, 6.45) is 8.59. The van der Waals surface area contributed by atoms with Crippen LogP contribution < -0.4 is 11.5 Å². The summed E-state index contributed by atoms with van der Waals surface area (Å²) < 4.78 is 0. The number of hydrogen-bond acceptors (Lipinski definition) is 2. The third kappa shape index (κ3) is 4.68. The van der Waals surface area contributed by atoms with Crippen molar-refractivity contribution in [1.82, 2.24) is 0 Å². The van der Waals surface area contributed by atoms with Gasteiger partial charge in [-0.05, 0) is 25.3 Å². The number of rotatable bonds is 2. The maximum atomic E-state index is 5.41. The van der Waals surface area contributed by atoms with Crippen LogP contribution in [0, 0.1) is 0 Å². The first-order chi connectivity index (χ1) is 4.31. The van der Waals surface area contributed by atoms with Crippen LogP contribution in [0.4, 0.5) is 0 Å². The van der Waals surface area contributed by atoms with Crippen molar-refractivity contribution in [3.63, 3.8) is 0 Å². The Morgan fingerprint density at radius 2 is 2.11 bits per heavy atom. The van der Waals surface area contributed by atoms with E-state index in [-0.39, 0.29) is 0 Å². The topological polar surface area (TPSA) is 52.0 Å². The molecule has 0 fully saturated rings. The van der Waals surface area contributed by atoms with E-state index in [0.29, 0.717) is 5.70 Å². The van der Waals surface area contributed by atoms with Crippen LogP contribution in [-0.4, -0.2) is 0 Å². The lowest BCUT2D eigenvalue weighted by atomic mass is 10.4. The minimum atomic E-state index is 0.663. The van der Waals surface area contributed by atoms with Gasteiger partial charge in [-0.25, -0.2) is 0 Å². The second-order valence-corrected chi connectivity index (χ2v) is 1.55. The van der Waals surface area contributed by atoms with Gasteiger partial charge in [0.15, 0.2) is 0 Å². The van der Waals surface area contributed by atoms with E-state index in [9.17, 15) is 0 Å². The molecule has 0 atom stereocenters. The standard InChI is InChI=1S/C7H12N2/c1-2-3-4-7(9)5-6-8/h2-6H,8-9H2,1H3/b3-2-,6-5-,7-4+. The van der Waals surface area contributed by atoms with Crippen LogP contribution in [0.5, 0.6) is 0 Å². The van der Waals surface area contributed by atoms with Gasteiger partial charge in [0.1, 0.15) is 0 Å². The molecule has 0 saturated heterocycles. The summed E-state index contributed by atoms with van der Waals surface area (Å²) >= 11 is 0. The Kier molecular flexibility index (Phi) is 4.32. The number of allylic oxidation sites excluding steroid dienone is 4. The van der Waals surface area contributed by atoms with Crippen LogP contribution in [0.15, 0.2) is 36.2 Å². The molecule has 2 nitrogen and oxygen atoms in total. The molecule has 0 saturated carbocycles. The van der Waals surface area contributed by atoms with Gasteiger partial charge in [0, 0.05) is 5.70 Å². The first kappa shape index (κ1) is 7.82. The summed E-state index contributed by atoms with van der Waals surface area (Å²) in [7, 11) is 0. The third-order valence-corrected chi connectivity index (χ3v) is 0.770. The van der Waals surface area contributed by atoms with Crippen LogP contribution >= 0.6 is 0 Å². The molecule has 0 aromatic rings.